The normalized spacial score (nSPS) is 17.3. The number of nitrogens with zero attached hydrogens (tertiary/aromatic N) is 2. The van der Waals surface area contributed by atoms with Crippen molar-refractivity contribution >= 4 is 17.7 Å². The fraction of sp³-hybridized carbons (Fsp3) is 0.318. The number of rotatable bonds is 7. The van der Waals surface area contributed by atoms with Crippen LogP contribution in [0, 0.1) is 11.7 Å². The van der Waals surface area contributed by atoms with Gasteiger partial charge in [0.1, 0.15) is 17.2 Å². The molecule has 162 valence electrons. The monoisotopic (exact) mass is 426 g/mol. The summed E-state index contributed by atoms with van der Waals surface area (Å²) < 4.78 is 26.4. The first kappa shape index (κ1) is 20.6. The van der Waals surface area contributed by atoms with Crippen LogP contribution in [0.25, 0.3) is 5.69 Å². The van der Waals surface area contributed by atoms with Crippen molar-refractivity contribution in [3.05, 3.63) is 65.6 Å². The summed E-state index contributed by atoms with van der Waals surface area (Å²) >= 11 is 0. The molecule has 31 heavy (non-hydrogen) atoms. The Morgan fingerprint density at radius 3 is 2.81 bits per heavy atom. The van der Waals surface area contributed by atoms with Crippen LogP contribution in [0.4, 0.5) is 14.9 Å². The topological polar surface area (TPSA) is 98.4 Å². The van der Waals surface area contributed by atoms with Gasteiger partial charge in [0.15, 0.2) is 11.5 Å². The summed E-state index contributed by atoms with van der Waals surface area (Å²) in [6, 6.07) is 8.95. The van der Waals surface area contributed by atoms with E-state index in [0.29, 0.717) is 17.6 Å². The number of amides is 2. The van der Waals surface area contributed by atoms with E-state index in [1.165, 1.54) is 29.1 Å². The molecule has 2 heterocycles. The van der Waals surface area contributed by atoms with Gasteiger partial charge in [0.05, 0.1) is 13.2 Å². The van der Waals surface area contributed by atoms with Crippen molar-refractivity contribution in [1.29, 1.82) is 0 Å². The standard InChI is InChI=1S/C22H23FN4O4/c1-3-30-21(28)18-8-9-27(26-18)19-6-4-14(11-17(19)23)25-22(29)24-12-15-5-7-20(31-15)16-10-13(16)2/h4-9,11,13,16H,3,10,12H2,1-2H3,(H2,24,25,29). The van der Waals surface area contributed by atoms with Crippen LogP contribution < -0.4 is 10.6 Å². The summed E-state index contributed by atoms with van der Waals surface area (Å²) in [5.41, 5.74) is 0.502. The number of urea groups is 1. The quantitative estimate of drug-likeness (QED) is 0.551. The maximum absolute atomic E-state index is 14.5. The summed E-state index contributed by atoms with van der Waals surface area (Å²) in [5.74, 6) is 1.56. The molecule has 8 nitrogen and oxygen atoms in total. The van der Waals surface area contributed by atoms with Gasteiger partial charge in [-0.15, -0.1) is 0 Å². The van der Waals surface area contributed by atoms with Crippen LogP contribution in [0.5, 0.6) is 0 Å². The number of hydrogen-bond acceptors (Lipinski definition) is 5. The number of benzene rings is 1. The van der Waals surface area contributed by atoms with Gasteiger partial charge in [-0.05, 0) is 55.7 Å². The van der Waals surface area contributed by atoms with Crippen LogP contribution in [0.15, 0.2) is 47.0 Å². The van der Waals surface area contributed by atoms with Gasteiger partial charge in [0.25, 0.3) is 0 Å². The molecule has 0 bridgehead atoms. The minimum Gasteiger partial charge on any atom is -0.464 e. The van der Waals surface area contributed by atoms with Crippen molar-refractivity contribution < 1.29 is 23.1 Å². The third kappa shape index (κ3) is 4.76. The Kier molecular flexibility index (Phi) is 5.75. The SMILES string of the molecule is CCOC(=O)c1ccn(-c2ccc(NC(=O)NCc3ccc(C4CC4C)o3)cc2F)n1. The Morgan fingerprint density at radius 1 is 1.29 bits per heavy atom. The van der Waals surface area contributed by atoms with Crippen LogP contribution in [0.3, 0.4) is 0 Å². The summed E-state index contributed by atoms with van der Waals surface area (Å²) in [6.45, 7) is 4.33. The molecule has 1 fully saturated rings. The van der Waals surface area contributed by atoms with Gasteiger partial charge in [-0.1, -0.05) is 6.92 Å². The Balaban J connectivity index is 1.34. The number of carbonyl (C=O) groups is 2. The van der Waals surface area contributed by atoms with Crippen LogP contribution in [-0.4, -0.2) is 28.4 Å². The highest BCUT2D eigenvalue weighted by molar-refractivity contribution is 5.89. The lowest BCUT2D eigenvalue weighted by atomic mass is 10.2. The van der Waals surface area contributed by atoms with E-state index in [4.69, 9.17) is 9.15 Å². The number of ether oxygens (including phenoxy) is 1. The average Bonchev–Trinajstić information content (AvgIpc) is 3.13. The number of hydrogen-bond donors (Lipinski definition) is 2. The molecule has 0 spiro atoms. The second-order valence-corrected chi connectivity index (χ2v) is 7.46. The molecule has 2 aromatic heterocycles. The van der Waals surface area contributed by atoms with Gasteiger partial charge >= 0.3 is 12.0 Å². The summed E-state index contributed by atoms with van der Waals surface area (Å²) in [7, 11) is 0. The number of carbonyl (C=O) groups excluding carboxylic acids is 2. The van der Waals surface area contributed by atoms with Crippen molar-refractivity contribution in [3.8, 4) is 5.69 Å². The fourth-order valence-corrected chi connectivity index (χ4v) is 3.29. The fourth-order valence-electron chi connectivity index (χ4n) is 3.29. The molecule has 9 heteroatoms. The van der Waals surface area contributed by atoms with Gasteiger partial charge in [0.2, 0.25) is 0 Å². The summed E-state index contributed by atoms with van der Waals surface area (Å²) in [5, 5.41) is 9.30. The van der Waals surface area contributed by atoms with Crippen molar-refractivity contribution in [2.75, 3.05) is 11.9 Å². The number of aromatic nitrogens is 2. The van der Waals surface area contributed by atoms with E-state index < -0.39 is 17.8 Å². The number of esters is 1. The van der Waals surface area contributed by atoms with Crippen molar-refractivity contribution in [2.24, 2.45) is 5.92 Å². The highest BCUT2D eigenvalue weighted by atomic mass is 19.1. The average molecular weight is 426 g/mol. The highest BCUT2D eigenvalue weighted by Gasteiger charge is 2.36. The molecule has 3 aromatic rings. The summed E-state index contributed by atoms with van der Waals surface area (Å²) in [4.78, 5) is 23.9. The van der Waals surface area contributed by atoms with Crippen LogP contribution >= 0.6 is 0 Å². The number of nitrogens with one attached hydrogen (secondary N) is 2. The van der Waals surface area contributed by atoms with Crippen LogP contribution in [0.2, 0.25) is 0 Å². The van der Waals surface area contributed by atoms with E-state index >= 15 is 0 Å². The molecule has 0 saturated heterocycles. The van der Waals surface area contributed by atoms with E-state index in [2.05, 4.69) is 22.7 Å². The Labute approximate surface area is 178 Å². The first-order valence-electron chi connectivity index (χ1n) is 10.1. The largest absolute Gasteiger partial charge is 0.464 e. The van der Waals surface area contributed by atoms with Gasteiger partial charge in [-0.25, -0.2) is 18.7 Å². The molecule has 0 aliphatic heterocycles. The third-order valence-corrected chi connectivity index (χ3v) is 5.11. The first-order valence-corrected chi connectivity index (χ1v) is 10.1. The number of halogens is 1. The Bertz CT molecular complexity index is 1110. The van der Waals surface area contributed by atoms with Crippen molar-refractivity contribution in [1.82, 2.24) is 15.1 Å². The molecule has 0 radical (unpaired) electrons. The smallest absolute Gasteiger partial charge is 0.358 e. The van der Waals surface area contributed by atoms with Crippen molar-refractivity contribution in [2.45, 2.75) is 32.7 Å². The molecule has 1 aliphatic rings. The van der Waals surface area contributed by atoms with Gasteiger partial charge in [0, 0.05) is 17.8 Å². The van der Waals surface area contributed by atoms with E-state index in [-0.39, 0.29) is 30.2 Å². The van der Waals surface area contributed by atoms with Gasteiger partial charge < -0.3 is 19.8 Å². The molecule has 2 unspecified atom stereocenters. The maximum atomic E-state index is 14.5. The van der Waals surface area contributed by atoms with Crippen LogP contribution in [0.1, 0.15) is 48.2 Å². The maximum Gasteiger partial charge on any atom is 0.358 e. The zero-order valence-electron chi connectivity index (χ0n) is 17.2. The molecule has 1 aliphatic carbocycles. The minimum absolute atomic E-state index is 0.0834. The number of anilines is 1. The second-order valence-electron chi connectivity index (χ2n) is 7.46. The van der Waals surface area contributed by atoms with E-state index in [9.17, 15) is 14.0 Å². The zero-order valence-corrected chi connectivity index (χ0v) is 17.2. The lowest BCUT2D eigenvalue weighted by Crippen LogP contribution is -2.28. The molecule has 2 amide bonds. The third-order valence-electron chi connectivity index (χ3n) is 5.11. The molecule has 1 aromatic carbocycles. The molecule has 2 atom stereocenters. The predicted molar refractivity (Wildman–Crippen MR) is 111 cm³/mol. The molecule has 1 saturated carbocycles. The zero-order chi connectivity index (χ0) is 22.0. The lowest BCUT2D eigenvalue weighted by molar-refractivity contribution is 0.0519. The van der Waals surface area contributed by atoms with E-state index in [1.54, 1.807) is 13.0 Å². The van der Waals surface area contributed by atoms with Gasteiger partial charge in [-0.3, -0.25) is 0 Å². The predicted octanol–water partition coefficient (Wildman–Crippen LogP) is 4.23. The first-order chi connectivity index (χ1) is 14.9. The lowest BCUT2D eigenvalue weighted by Gasteiger charge is -2.09. The van der Waals surface area contributed by atoms with Crippen LogP contribution in [-0.2, 0) is 11.3 Å². The molecular weight excluding hydrogens is 403 g/mol. The van der Waals surface area contributed by atoms with E-state index in [0.717, 1.165) is 12.2 Å². The molecular formula is C22H23FN4O4. The highest BCUT2D eigenvalue weighted by Crippen LogP contribution is 2.47. The summed E-state index contributed by atoms with van der Waals surface area (Å²) in [6.07, 6.45) is 2.59. The van der Waals surface area contributed by atoms with Crippen molar-refractivity contribution in [3.63, 3.8) is 0 Å². The second kappa shape index (κ2) is 8.63. The number of furan rings is 1. The molecule has 4 rings (SSSR count). The Hall–Kier alpha value is -3.62. The molecule has 2 N–H and O–H groups in total. The van der Waals surface area contributed by atoms with E-state index in [1.807, 2.05) is 12.1 Å². The van der Waals surface area contributed by atoms with Gasteiger partial charge in [-0.2, -0.15) is 5.10 Å². The minimum atomic E-state index is -0.606. The Morgan fingerprint density at radius 2 is 2.10 bits per heavy atom.